The summed E-state index contributed by atoms with van der Waals surface area (Å²) in [6.45, 7) is 0. The van der Waals surface area contributed by atoms with Crippen LogP contribution in [0.15, 0.2) is 24.3 Å². The first-order valence-electron chi connectivity index (χ1n) is 4.01. The molecule has 0 aromatic rings. The van der Waals surface area contributed by atoms with Crippen molar-refractivity contribution in [1.29, 1.82) is 0 Å². The van der Waals surface area contributed by atoms with Gasteiger partial charge in [-0.05, 0) is 25.7 Å². The van der Waals surface area contributed by atoms with Gasteiger partial charge in [0, 0.05) is 0 Å². The van der Waals surface area contributed by atoms with Gasteiger partial charge in [0.2, 0.25) is 0 Å². The summed E-state index contributed by atoms with van der Waals surface area (Å²) >= 11 is 0.710. The first-order chi connectivity index (χ1) is 5.41. The Labute approximate surface area is 78.4 Å². The molecule has 1 heteroatoms. The summed E-state index contributed by atoms with van der Waals surface area (Å²) in [5.41, 5.74) is 4.43. The molecule has 0 N–H and O–H groups in total. The predicted octanol–water partition coefficient (Wildman–Crippen LogP) is 3.84. The van der Waals surface area contributed by atoms with E-state index in [1.807, 2.05) is 0 Å². The predicted molar refractivity (Wildman–Crippen MR) is 48.5 cm³/mol. The summed E-state index contributed by atoms with van der Waals surface area (Å²) < 4.78 is 0. The zero-order valence-corrected chi connectivity index (χ0v) is 9.23. The van der Waals surface area contributed by atoms with Crippen LogP contribution in [-0.4, -0.2) is 0 Å². The van der Waals surface area contributed by atoms with Crippen LogP contribution in [0.5, 0.6) is 0 Å². The van der Waals surface area contributed by atoms with E-state index < -0.39 is 0 Å². The Morgan fingerprint density at radius 2 is 0.909 bits per heavy atom. The summed E-state index contributed by atoms with van der Waals surface area (Å²) in [6, 6.07) is 0. The zero-order chi connectivity index (χ0) is 8.36. The van der Waals surface area contributed by atoms with Crippen LogP contribution in [0.2, 0.25) is 11.0 Å². The van der Waals surface area contributed by atoms with Crippen molar-refractivity contribution in [2.45, 2.75) is 36.7 Å². The van der Waals surface area contributed by atoms with Crippen LogP contribution in [0.4, 0.5) is 0 Å². The van der Waals surface area contributed by atoms with Gasteiger partial charge in [-0.2, -0.15) is 0 Å². The molecule has 0 nitrogen and oxygen atoms in total. The van der Waals surface area contributed by atoms with Gasteiger partial charge in [-0.1, -0.05) is 24.3 Å². The second-order valence-electron chi connectivity index (χ2n) is 2.45. The van der Waals surface area contributed by atoms with E-state index in [4.69, 9.17) is 0 Å². The van der Waals surface area contributed by atoms with Crippen LogP contribution < -0.4 is 0 Å². The number of hydrogen-bond donors (Lipinski definition) is 0. The fourth-order valence-electron chi connectivity index (χ4n) is 0.856. The second-order valence-corrected chi connectivity index (χ2v) is 4.19. The Balaban J connectivity index is 0.000000292. The first kappa shape index (κ1) is 11.1. The quantitative estimate of drug-likeness (QED) is 0.445. The summed E-state index contributed by atoms with van der Waals surface area (Å²) in [5.74, 6) is 0. The molecule has 0 atom stereocenters. The van der Waals surface area contributed by atoms with E-state index in [-0.39, 0.29) is 0 Å². The standard InChI is InChI=1S/C8H12.2CH3.Ru/c1-2-4-6-8-7-5-3-1;;;/h1-2,7-8H,3-6H2;2*1H3;. The van der Waals surface area contributed by atoms with Crippen molar-refractivity contribution in [2.75, 3.05) is 0 Å². The van der Waals surface area contributed by atoms with Crippen LogP contribution in [-0.2, 0) is 17.1 Å². The van der Waals surface area contributed by atoms with Crippen molar-refractivity contribution >= 4 is 0 Å². The Morgan fingerprint density at radius 3 is 1.09 bits per heavy atom. The average molecular weight is 239 g/mol. The van der Waals surface area contributed by atoms with Gasteiger partial charge in [0.25, 0.3) is 0 Å². The summed E-state index contributed by atoms with van der Waals surface area (Å²) in [4.78, 5) is 0. The van der Waals surface area contributed by atoms with Crippen molar-refractivity contribution in [3.8, 4) is 0 Å². The van der Waals surface area contributed by atoms with E-state index in [0.29, 0.717) is 17.1 Å². The van der Waals surface area contributed by atoms with Crippen LogP contribution in [0.1, 0.15) is 25.7 Å². The molecule has 0 aromatic carbocycles. The van der Waals surface area contributed by atoms with Gasteiger partial charge in [0.15, 0.2) is 0 Å². The third-order valence-electron chi connectivity index (χ3n) is 1.33. The van der Waals surface area contributed by atoms with Gasteiger partial charge in [-0.3, -0.25) is 0 Å². The SMILES string of the molecule is C1=CCCC=CCC1.[CH3][Ru][CH3]. The van der Waals surface area contributed by atoms with Crippen molar-refractivity contribution in [3.05, 3.63) is 24.3 Å². The fraction of sp³-hybridized carbons (Fsp3) is 0.600. The summed E-state index contributed by atoms with van der Waals surface area (Å²) in [5, 5.41) is 0. The van der Waals surface area contributed by atoms with Gasteiger partial charge in [-0.25, -0.2) is 0 Å². The summed E-state index contributed by atoms with van der Waals surface area (Å²) in [7, 11) is 0. The number of allylic oxidation sites excluding steroid dienone is 4. The van der Waals surface area contributed by atoms with Gasteiger partial charge in [0.05, 0.1) is 0 Å². The van der Waals surface area contributed by atoms with Crippen LogP contribution in [0.25, 0.3) is 0 Å². The maximum absolute atomic E-state index is 2.27. The van der Waals surface area contributed by atoms with Crippen LogP contribution in [0.3, 0.4) is 0 Å². The molecular formula is C10H18Ru. The van der Waals surface area contributed by atoms with E-state index in [1.54, 1.807) is 0 Å². The molecule has 1 aliphatic rings. The Bertz CT molecular complexity index is 88.0. The van der Waals surface area contributed by atoms with Crippen molar-refractivity contribution in [3.63, 3.8) is 0 Å². The zero-order valence-electron chi connectivity index (χ0n) is 7.49. The topological polar surface area (TPSA) is 0 Å². The van der Waals surface area contributed by atoms with E-state index in [0.717, 1.165) is 0 Å². The maximum atomic E-state index is 2.27. The summed E-state index contributed by atoms with van der Waals surface area (Å²) in [6.07, 6.45) is 14.0. The molecule has 0 aromatic heterocycles. The second kappa shape index (κ2) is 10.1. The van der Waals surface area contributed by atoms with Gasteiger partial charge in [0.1, 0.15) is 0 Å². The minimum absolute atomic E-state index is 0.710. The molecule has 0 aliphatic heterocycles. The Morgan fingerprint density at radius 1 is 0.727 bits per heavy atom. The van der Waals surface area contributed by atoms with Crippen molar-refractivity contribution in [2.24, 2.45) is 0 Å². The minimum atomic E-state index is 0.710. The Kier molecular flexibility index (Phi) is 10.2. The van der Waals surface area contributed by atoms with Crippen molar-refractivity contribution < 1.29 is 17.1 Å². The Hall–Kier alpha value is 0.103. The number of rotatable bonds is 0. The third-order valence-corrected chi connectivity index (χ3v) is 1.33. The molecule has 0 fully saturated rings. The molecule has 1 aliphatic carbocycles. The molecule has 1 rings (SSSR count). The van der Waals surface area contributed by atoms with Gasteiger partial charge in [-0.15, -0.1) is 0 Å². The molecule has 0 amide bonds. The molecule has 0 radical (unpaired) electrons. The normalized spacial score (nSPS) is 16.5. The molecule has 11 heavy (non-hydrogen) atoms. The fourth-order valence-corrected chi connectivity index (χ4v) is 0.856. The molecule has 0 heterocycles. The molecule has 66 valence electrons. The molecule has 0 spiro atoms. The third kappa shape index (κ3) is 10.1. The van der Waals surface area contributed by atoms with Gasteiger partial charge < -0.3 is 0 Å². The molecule has 0 saturated heterocycles. The van der Waals surface area contributed by atoms with Gasteiger partial charge >= 0.3 is 28.2 Å². The van der Waals surface area contributed by atoms with Crippen molar-refractivity contribution in [1.82, 2.24) is 0 Å². The molecule has 0 unspecified atom stereocenters. The van der Waals surface area contributed by atoms with E-state index in [2.05, 4.69) is 35.3 Å². The number of hydrogen-bond acceptors (Lipinski definition) is 0. The van der Waals surface area contributed by atoms with E-state index in [9.17, 15) is 0 Å². The monoisotopic (exact) mass is 240 g/mol. The van der Waals surface area contributed by atoms with Crippen LogP contribution in [0, 0.1) is 0 Å². The van der Waals surface area contributed by atoms with Crippen LogP contribution >= 0.6 is 0 Å². The molecular weight excluding hydrogens is 221 g/mol. The molecule has 0 bridgehead atoms. The average Bonchev–Trinajstić information content (AvgIpc) is 1.86. The van der Waals surface area contributed by atoms with E-state index >= 15 is 0 Å². The molecule has 0 saturated carbocycles. The van der Waals surface area contributed by atoms with E-state index in [1.165, 1.54) is 25.7 Å². The first-order valence-corrected chi connectivity index (χ1v) is 7.48.